The summed E-state index contributed by atoms with van der Waals surface area (Å²) in [4.78, 5) is 27.9. The lowest BCUT2D eigenvalue weighted by Crippen LogP contribution is -2.27. The number of pyridine rings is 1. The van der Waals surface area contributed by atoms with Crippen molar-refractivity contribution in [1.29, 1.82) is 0 Å². The summed E-state index contributed by atoms with van der Waals surface area (Å²) in [6, 6.07) is 6.82. The first-order valence-corrected chi connectivity index (χ1v) is 6.89. The maximum Gasteiger partial charge on any atom is 0.257 e. The molecule has 0 fully saturated rings. The predicted octanol–water partition coefficient (Wildman–Crippen LogP) is 1.85. The molecule has 23 heavy (non-hydrogen) atoms. The molecule has 0 spiro atoms. The van der Waals surface area contributed by atoms with Crippen molar-refractivity contribution < 1.29 is 18.7 Å². The van der Waals surface area contributed by atoms with E-state index in [0.717, 1.165) is 0 Å². The van der Waals surface area contributed by atoms with Crippen molar-refractivity contribution in [3.05, 3.63) is 59.7 Å². The summed E-state index contributed by atoms with van der Waals surface area (Å²) in [5.41, 5.74) is 0.952. The number of anilines is 1. The third-order valence-electron chi connectivity index (χ3n) is 2.96. The van der Waals surface area contributed by atoms with Gasteiger partial charge in [-0.2, -0.15) is 0 Å². The Hall–Kier alpha value is -2.80. The smallest absolute Gasteiger partial charge is 0.257 e. The zero-order valence-corrected chi connectivity index (χ0v) is 12.5. The molecule has 1 heterocycles. The standard InChI is InChI=1S/C16H16FN3O3/c1-23-7-6-19-15(21)11-8-12(10-18-9-11)16(22)20-14-4-2-13(17)3-5-14/h2-5,8-10H,6-7H2,1H3,(H,19,21)(H,20,22). The Kier molecular flexibility index (Phi) is 5.76. The highest BCUT2D eigenvalue weighted by Gasteiger charge is 2.11. The number of benzene rings is 1. The molecule has 1 aromatic carbocycles. The van der Waals surface area contributed by atoms with Crippen molar-refractivity contribution in [2.24, 2.45) is 0 Å². The molecule has 2 rings (SSSR count). The first-order valence-electron chi connectivity index (χ1n) is 6.89. The number of halogens is 1. The average molecular weight is 317 g/mol. The summed E-state index contributed by atoms with van der Waals surface area (Å²) >= 11 is 0. The molecule has 0 bridgehead atoms. The predicted molar refractivity (Wildman–Crippen MR) is 82.8 cm³/mol. The van der Waals surface area contributed by atoms with Crippen molar-refractivity contribution in [2.45, 2.75) is 0 Å². The fourth-order valence-electron chi connectivity index (χ4n) is 1.79. The SMILES string of the molecule is COCCNC(=O)c1cncc(C(=O)Nc2ccc(F)cc2)c1. The van der Waals surface area contributed by atoms with Crippen molar-refractivity contribution in [2.75, 3.05) is 25.6 Å². The molecule has 0 radical (unpaired) electrons. The maximum absolute atomic E-state index is 12.8. The Morgan fingerprint density at radius 1 is 1.13 bits per heavy atom. The van der Waals surface area contributed by atoms with Crippen LogP contribution in [-0.4, -0.2) is 37.1 Å². The topological polar surface area (TPSA) is 80.3 Å². The van der Waals surface area contributed by atoms with Crippen LogP contribution >= 0.6 is 0 Å². The van der Waals surface area contributed by atoms with Gasteiger partial charge in [0, 0.05) is 31.7 Å². The Balaban J connectivity index is 2.04. The van der Waals surface area contributed by atoms with E-state index in [1.54, 1.807) is 0 Å². The lowest BCUT2D eigenvalue weighted by atomic mass is 10.2. The minimum atomic E-state index is -0.435. The van der Waals surface area contributed by atoms with Gasteiger partial charge in [-0.3, -0.25) is 14.6 Å². The van der Waals surface area contributed by atoms with Gasteiger partial charge in [0.05, 0.1) is 17.7 Å². The van der Waals surface area contributed by atoms with Crippen LogP contribution in [0.3, 0.4) is 0 Å². The highest BCUT2D eigenvalue weighted by molar-refractivity contribution is 6.05. The molecule has 0 atom stereocenters. The lowest BCUT2D eigenvalue weighted by Gasteiger charge is -2.07. The van der Waals surface area contributed by atoms with Gasteiger partial charge in [0.1, 0.15) is 5.82 Å². The molecule has 2 N–H and O–H groups in total. The molecule has 0 aliphatic rings. The van der Waals surface area contributed by atoms with Crippen LogP contribution in [0.4, 0.5) is 10.1 Å². The van der Waals surface area contributed by atoms with Crippen LogP contribution in [0, 0.1) is 5.82 Å². The molecule has 2 amide bonds. The Morgan fingerprint density at radius 2 is 1.78 bits per heavy atom. The van der Waals surface area contributed by atoms with Gasteiger partial charge < -0.3 is 15.4 Å². The van der Waals surface area contributed by atoms with E-state index in [4.69, 9.17) is 4.74 Å². The summed E-state index contributed by atoms with van der Waals surface area (Å²) in [7, 11) is 1.54. The van der Waals surface area contributed by atoms with Crippen LogP contribution in [0.25, 0.3) is 0 Å². The molecule has 2 aromatic rings. The second-order valence-electron chi connectivity index (χ2n) is 4.67. The Morgan fingerprint density at radius 3 is 2.43 bits per heavy atom. The first-order chi connectivity index (χ1) is 11.1. The minimum Gasteiger partial charge on any atom is -0.383 e. The van der Waals surface area contributed by atoms with Crippen LogP contribution < -0.4 is 10.6 Å². The van der Waals surface area contributed by atoms with Crippen LogP contribution in [-0.2, 0) is 4.74 Å². The number of hydrogen-bond acceptors (Lipinski definition) is 4. The molecule has 0 aliphatic heterocycles. The van der Waals surface area contributed by atoms with Gasteiger partial charge >= 0.3 is 0 Å². The van der Waals surface area contributed by atoms with Crippen molar-refractivity contribution in [3.8, 4) is 0 Å². The molecule has 0 aliphatic carbocycles. The maximum atomic E-state index is 12.8. The van der Waals surface area contributed by atoms with Crippen LogP contribution in [0.1, 0.15) is 20.7 Å². The van der Waals surface area contributed by atoms with Crippen molar-refractivity contribution >= 4 is 17.5 Å². The van der Waals surface area contributed by atoms with Gasteiger partial charge in [-0.15, -0.1) is 0 Å². The minimum absolute atomic E-state index is 0.230. The largest absolute Gasteiger partial charge is 0.383 e. The summed E-state index contributed by atoms with van der Waals surface area (Å²) in [5.74, 6) is -1.17. The number of amides is 2. The second-order valence-corrected chi connectivity index (χ2v) is 4.67. The van der Waals surface area contributed by atoms with E-state index >= 15 is 0 Å². The van der Waals surface area contributed by atoms with E-state index in [9.17, 15) is 14.0 Å². The van der Waals surface area contributed by atoms with E-state index in [1.165, 1.54) is 49.8 Å². The summed E-state index contributed by atoms with van der Waals surface area (Å²) < 4.78 is 17.7. The van der Waals surface area contributed by atoms with Gasteiger partial charge in [0.2, 0.25) is 0 Å². The van der Waals surface area contributed by atoms with Crippen LogP contribution in [0.2, 0.25) is 0 Å². The van der Waals surface area contributed by atoms with E-state index in [2.05, 4.69) is 15.6 Å². The summed E-state index contributed by atoms with van der Waals surface area (Å²) in [6.07, 6.45) is 2.72. The number of hydrogen-bond donors (Lipinski definition) is 2. The zero-order valence-electron chi connectivity index (χ0n) is 12.5. The molecule has 6 nitrogen and oxygen atoms in total. The van der Waals surface area contributed by atoms with Gasteiger partial charge in [-0.25, -0.2) is 4.39 Å². The van der Waals surface area contributed by atoms with Crippen LogP contribution in [0.15, 0.2) is 42.7 Å². The molecular weight excluding hydrogens is 301 g/mol. The molecule has 1 aromatic heterocycles. The number of carbonyl (C=O) groups is 2. The number of nitrogens with zero attached hydrogens (tertiary/aromatic N) is 1. The van der Waals surface area contributed by atoms with E-state index in [1.807, 2.05) is 0 Å². The molecule has 0 unspecified atom stereocenters. The quantitative estimate of drug-likeness (QED) is 0.797. The van der Waals surface area contributed by atoms with Crippen LogP contribution in [0.5, 0.6) is 0 Å². The second kappa shape index (κ2) is 8.00. The number of ether oxygens (including phenoxy) is 1. The van der Waals surface area contributed by atoms with E-state index < -0.39 is 5.91 Å². The van der Waals surface area contributed by atoms with Crippen molar-refractivity contribution in [3.63, 3.8) is 0 Å². The number of aromatic nitrogens is 1. The lowest BCUT2D eigenvalue weighted by molar-refractivity contribution is 0.0936. The fourth-order valence-corrected chi connectivity index (χ4v) is 1.79. The first kappa shape index (κ1) is 16.6. The zero-order chi connectivity index (χ0) is 16.7. The number of rotatable bonds is 6. The van der Waals surface area contributed by atoms with E-state index in [-0.39, 0.29) is 22.9 Å². The average Bonchev–Trinajstić information content (AvgIpc) is 2.57. The third kappa shape index (κ3) is 4.86. The third-order valence-corrected chi connectivity index (χ3v) is 2.96. The van der Waals surface area contributed by atoms with Gasteiger partial charge in [-0.1, -0.05) is 0 Å². The summed E-state index contributed by atoms with van der Waals surface area (Å²) in [5, 5.41) is 5.25. The monoisotopic (exact) mass is 317 g/mol. The Labute approximate surface area is 132 Å². The molecule has 0 saturated carbocycles. The normalized spacial score (nSPS) is 10.2. The van der Waals surface area contributed by atoms with E-state index in [0.29, 0.717) is 18.8 Å². The molecule has 120 valence electrons. The van der Waals surface area contributed by atoms with Gasteiger partial charge in [-0.05, 0) is 30.3 Å². The Bertz CT molecular complexity index is 689. The number of nitrogens with one attached hydrogen (secondary N) is 2. The van der Waals surface area contributed by atoms with Crippen molar-refractivity contribution in [1.82, 2.24) is 10.3 Å². The van der Waals surface area contributed by atoms with Gasteiger partial charge in [0.25, 0.3) is 11.8 Å². The highest BCUT2D eigenvalue weighted by atomic mass is 19.1. The van der Waals surface area contributed by atoms with Gasteiger partial charge in [0.15, 0.2) is 0 Å². The molecule has 7 heteroatoms. The number of methoxy groups -OCH3 is 1. The number of carbonyl (C=O) groups excluding carboxylic acids is 2. The highest BCUT2D eigenvalue weighted by Crippen LogP contribution is 2.11. The fraction of sp³-hybridized carbons (Fsp3) is 0.188. The molecule has 0 saturated heterocycles. The summed E-state index contributed by atoms with van der Waals surface area (Å²) in [6.45, 7) is 0.755. The molecular formula is C16H16FN3O3.